The van der Waals surface area contributed by atoms with Crippen LogP contribution in [0.2, 0.25) is 0 Å². The molecule has 1 aliphatic carbocycles. The summed E-state index contributed by atoms with van der Waals surface area (Å²) in [5.41, 5.74) is 0. The standard InChI is InChI=1S/C8H14F3N/c1-5(2)12(3)7-4-6(7)8(9,10)11/h5-7H,4H2,1-3H3/t6-,7-/m0/s1. The van der Waals surface area contributed by atoms with Crippen LogP contribution in [0.5, 0.6) is 0 Å². The van der Waals surface area contributed by atoms with Gasteiger partial charge in [0.25, 0.3) is 0 Å². The SMILES string of the molecule is CC(C)N(C)[C@H]1C[C@@H]1C(F)(F)F. The van der Waals surface area contributed by atoms with E-state index in [-0.39, 0.29) is 18.5 Å². The minimum absolute atomic E-state index is 0.197. The molecule has 0 radical (unpaired) electrons. The first-order valence-corrected chi connectivity index (χ1v) is 4.12. The lowest BCUT2D eigenvalue weighted by molar-refractivity contribution is -0.152. The third kappa shape index (κ3) is 1.91. The van der Waals surface area contributed by atoms with E-state index in [4.69, 9.17) is 0 Å². The highest BCUT2D eigenvalue weighted by molar-refractivity contribution is 4.98. The molecule has 0 aromatic heterocycles. The molecule has 4 heteroatoms. The van der Waals surface area contributed by atoms with Gasteiger partial charge in [-0.3, -0.25) is 0 Å². The molecule has 12 heavy (non-hydrogen) atoms. The average molecular weight is 181 g/mol. The molecule has 2 atom stereocenters. The molecule has 0 amide bonds. The lowest BCUT2D eigenvalue weighted by Gasteiger charge is -2.21. The molecule has 1 rings (SSSR count). The zero-order chi connectivity index (χ0) is 9.52. The highest BCUT2D eigenvalue weighted by Crippen LogP contribution is 2.47. The fourth-order valence-electron chi connectivity index (χ4n) is 1.37. The second-order valence-corrected chi connectivity index (χ2v) is 3.71. The van der Waals surface area contributed by atoms with E-state index in [9.17, 15) is 13.2 Å². The molecule has 0 aromatic carbocycles. The minimum Gasteiger partial charge on any atom is -0.300 e. The van der Waals surface area contributed by atoms with Crippen molar-refractivity contribution >= 4 is 0 Å². The van der Waals surface area contributed by atoms with E-state index in [1.165, 1.54) is 0 Å². The van der Waals surface area contributed by atoms with E-state index in [0.717, 1.165) is 0 Å². The zero-order valence-electron chi connectivity index (χ0n) is 7.52. The largest absolute Gasteiger partial charge is 0.393 e. The first-order valence-electron chi connectivity index (χ1n) is 4.12. The highest BCUT2D eigenvalue weighted by Gasteiger charge is 2.57. The van der Waals surface area contributed by atoms with Crippen molar-refractivity contribution in [3.05, 3.63) is 0 Å². The van der Waals surface area contributed by atoms with Gasteiger partial charge in [0.2, 0.25) is 0 Å². The Labute approximate surface area is 70.5 Å². The highest BCUT2D eigenvalue weighted by atomic mass is 19.4. The summed E-state index contributed by atoms with van der Waals surface area (Å²) >= 11 is 0. The predicted octanol–water partition coefficient (Wildman–Crippen LogP) is 2.28. The molecule has 72 valence electrons. The summed E-state index contributed by atoms with van der Waals surface area (Å²) in [7, 11) is 1.75. The molecule has 1 saturated carbocycles. The van der Waals surface area contributed by atoms with Crippen molar-refractivity contribution in [2.24, 2.45) is 5.92 Å². The molecule has 0 unspecified atom stereocenters. The second-order valence-electron chi connectivity index (χ2n) is 3.71. The van der Waals surface area contributed by atoms with Crippen molar-refractivity contribution in [3.8, 4) is 0 Å². The van der Waals surface area contributed by atoms with Gasteiger partial charge < -0.3 is 4.90 Å². The summed E-state index contributed by atoms with van der Waals surface area (Å²) in [5.74, 6) is -1.08. The van der Waals surface area contributed by atoms with Gasteiger partial charge in [-0.1, -0.05) is 0 Å². The van der Waals surface area contributed by atoms with Crippen molar-refractivity contribution in [2.75, 3.05) is 7.05 Å². The van der Waals surface area contributed by atoms with Gasteiger partial charge >= 0.3 is 6.18 Å². The Morgan fingerprint density at radius 2 is 1.83 bits per heavy atom. The first kappa shape index (κ1) is 9.84. The quantitative estimate of drug-likeness (QED) is 0.631. The van der Waals surface area contributed by atoms with Crippen LogP contribution < -0.4 is 0 Å². The smallest absolute Gasteiger partial charge is 0.300 e. The van der Waals surface area contributed by atoms with E-state index in [1.807, 2.05) is 13.8 Å². The maximum Gasteiger partial charge on any atom is 0.393 e. The molecule has 0 bridgehead atoms. The van der Waals surface area contributed by atoms with Gasteiger partial charge in [-0.15, -0.1) is 0 Å². The van der Waals surface area contributed by atoms with Gasteiger partial charge in [0, 0.05) is 12.1 Å². The van der Waals surface area contributed by atoms with Crippen molar-refractivity contribution in [2.45, 2.75) is 38.5 Å². The molecule has 0 saturated heterocycles. The van der Waals surface area contributed by atoms with Crippen LogP contribution in [0.1, 0.15) is 20.3 Å². The molecular weight excluding hydrogens is 167 g/mol. The van der Waals surface area contributed by atoms with Crippen LogP contribution in [0.25, 0.3) is 0 Å². The van der Waals surface area contributed by atoms with Gasteiger partial charge in [-0.05, 0) is 27.3 Å². The van der Waals surface area contributed by atoms with Gasteiger partial charge in [0.1, 0.15) is 0 Å². The molecular formula is C8H14F3N. The van der Waals surface area contributed by atoms with E-state index in [1.54, 1.807) is 11.9 Å². The van der Waals surface area contributed by atoms with Crippen LogP contribution in [-0.2, 0) is 0 Å². The number of hydrogen-bond acceptors (Lipinski definition) is 1. The molecule has 0 aromatic rings. The summed E-state index contributed by atoms with van der Waals surface area (Å²) in [5, 5.41) is 0. The van der Waals surface area contributed by atoms with Crippen molar-refractivity contribution in [1.29, 1.82) is 0 Å². The monoisotopic (exact) mass is 181 g/mol. The second kappa shape index (κ2) is 2.91. The fourth-order valence-corrected chi connectivity index (χ4v) is 1.37. The Bertz CT molecular complexity index is 164. The maximum absolute atomic E-state index is 12.1. The number of hydrogen-bond donors (Lipinski definition) is 0. The van der Waals surface area contributed by atoms with Crippen LogP contribution >= 0.6 is 0 Å². The van der Waals surface area contributed by atoms with Crippen LogP contribution in [-0.4, -0.2) is 30.2 Å². The van der Waals surface area contributed by atoms with Gasteiger partial charge in [0.15, 0.2) is 0 Å². The Kier molecular flexibility index (Phi) is 2.38. The lowest BCUT2D eigenvalue weighted by atomic mass is 10.3. The minimum atomic E-state index is -3.99. The molecule has 1 fully saturated rings. The van der Waals surface area contributed by atoms with Crippen molar-refractivity contribution < 1.29 is 13.2 Å². The Balaban J connectivity index is 2.42. The van der Waals surface area contributed by atoms with Crippen LogP contribution in [0, 0.1) is 5.92 Å². The van der Waals surface area contributed by atoms with Gasteiger partial charge in [-0.25, -0.2) is 0 Å². The van der Waals surface area contributed by atoms with E-state index in [0.29, 0.717) is 0 Å². The first-order chi connectivity index (χ1) is 5.34. The van der Waals surface area contributed by atoms with Crippen LogP contribution in [0.4, 0.5) is 13.2 Å². The maximum atomic E-state index is 12.1. The third-order valence-electron chi connectivity index (χ3n) is 2.51. The number of rotatable bonds is 2. The lowest BCUT2D eigenvalue weighted by Crippen LogP contribution is -2.32. The summed E-state index contributed by atoms with van der Waals surface area (Å²) < 4.78 is 36.3. The fraction of sp³-hybridized carbons (Fsp3) is 1.00. The third-order valence-corrected chi connectivity index (χ3v) is 2.51. The number of halogens is 3. The molecule has 0 spiro atoms. The Morgan fingerprint density at radius 3 is 2.08 bits per heavy atom. The average Bonchev–Trinajstić information content (AvgIpc) is 2.61. The molecule has 1 nitrogen and oxygen atoms in total. The molecule has 0 N–H and O–H groups in total. The van der Waals surface area contributed by atoms with Gasteiger partial charge in [-0.2, -0.15) is 13.2 Å². The normalized spacial score (nSPS) is 30.0. The number of nitrogens with zero attached hydrogens (tertiary/aromatic N) is 1. The van der Waals surface area contributed by atoms with Crippen molar-refractivity contribution in [3.63, 3.8) is 0 Å². The van der Waals surface area contributed by atoms with Crippen LogP contribution in [0.3, 0.4) is 0 Å². The zero-order valence-corrected chi connectivity index (χ0v) is 7.52. The topological polar surface area (TPSA) is 3.24 Å². The summed E-state index contributed by atoms with van der Waals surface area (Å²) in [4.78, 5) is 1.79. The van der Waals surface area contributed by atoms with E-state index in [2.05, 4.69) is 0 Å². The van der Waals surface area contributed by atoms with Gasteiger partial charge in [0.05, 0.1) is 5.92 Å². The van der Waals surface area contributed by atoms with E-state index < -0.39 is 12.1 Å². The molecule has 0 heterocycles. The molecule has 0 aliphatic heterocycles. The predicted molar refractivity (Wildman–Crippen MR) is 40.8 cm³/mol. The summed E-state index contributed by atoms with van der Waals surface area (Å²) in [6.07, 6.45) is -3.72. The number of alkyl halides is 3. The Hall–Kier alpha value is -0.250. The van der Waals surface area contributed by atoms with Crippen molar-refractivity contribution in [1.82, 2.24) is 4.90 Å². The Morgan fingerprint density at radius 1 is 1.33 bits per heavy atom. The summed E-state index contributed by atoms with van der Waals surface area (Å²) in [6.45, 7) is 3.82. The molecule has 1 aliphatic rings. The summed E-state index contributed by atoms with van der Waals surface area (Å²) in [6, 6.07) is -0.0765. The van der Waals surface area contributed by atoms with E-state index >= 15 is 0 Å². The van der Waals surface area contributed by atoms with Crippen LogP contribution in [0.15, 0.2) is 0 Å².